The molecule has 0 radical (unpaired) electrons. The van der Waals surface area contributed by atoms with Gasteiger partial charge in [0.15, 0.2) is 31.3 Å². The predicted octanol–water partition coefficient (Wildman–Crippen LogP) is 1.56. The molecule has 43 heavy (non-hydrogen) atoms. The molecule has 13 nitrogen and oxygen atoms in total. The van der Waals surface area contributed by atoms with Gasteiger partial charge in [0.25, 0.3) is 11.8 Å². The molecule has 0 aliphatic carbocycles. The van der Waals surface area contributed by atoms with Gasteiger partial charge in [-0.2, -0.15) is 0 Å². The standard InChI is InChI=1S/C29H25N5O8S/c35-22(16-42-21-12-6-5-11-20(21)34(40)41)30-23(18-9-3-1-4-10-18)26(36)31-24-27(37)33-25(29(38)39)19(17-43-28(24)33)15-32-13-7-2-8-14-32/h1-14,23-24,28H,15-17H2,(H2-,30,31,35,36,38,39)/p+1/t23-,24?,28-/m0/s1. The highest BCUT2D eigenvalue weighted by molar-refractivity contribution is 8.00. The number of ether oxygens (including phenoxy) is 1. The summed E-state index contributed by atoms with van der Waals surface area (Å²) in [5.74, 6) is -2.98. The molecule has 1 aromatic heterocycles. The Labute approximate surface area is 249 Å². The van der Waals surface area contributed by atoms with E-state index in [2.05, 4.69) is 10.6 Å². The fourth-order valence-electron chi connectivity index (χ4n) is 4.82. The number of nitro groups is 1. The summed E-state index contributed by atoms with van der Waals surface area (Å²) >= 11 is 1.34. The van der Waals surface area contributed by atoms with Gasteiger partial charge in [-0.1, -0.05) is 48.5 Å². The van der Waals surface area contributed by atoms with Gasteiger partial charge in [-0.05, 0) is 11.6 Å². The van der Waals surface area contributed by atoms with E-state index in [9.17, 15) is 34.4 Å². The second kappa shape index (κ2) is 12.7. The van der Waals surface area contributed by atoms with Gasteiger partial charge in [0.2, 0.25) is 5.91 Å². The number of carboxylic acid groups (broad SMARTS) is 1. The third-order valence-electron chi connectivity index (χ3n) is 6.82. The van der Waals surface area contributed by atoms with E-state index in [1.807, 2.05) is 22.8 Å². The molecule has 2 aliphatic rings. The molecular formula is C29H26N5O8S+. The molecule has 3 heterocycles. The van der Waals surface area contributed by atoms with Crippen LogP contribution in [0.5, 0.6) is 5.75 Å². The molecule has 0 bridgehead atoms. The number of nitro benzene ring substituents is 1. The van der Waals surface area contributed by atoms with E-state index >= 15 is 0 Å². The highest BCUT2D eigenvalue weighted by Crippen LogP contribution is 2.40. The van der Waals surface area contributed by atoms with Crippen LogP contribution in [0.15, 0.2) is 96.5 Å². The molecule has 2 aromatic carbocycles. The molecule has 220 valence electrons. The lowest BCUT2D eigenvalue weighted by Crippen LogP contribution is -2.71. The first-order valence-electron chi connectivity index (χ1n) is 13.1. The minimum atomic E-state index is -1.23. The average Bonchev–Trinajstić information content (AvgIpc) is 3.02. The van der Waals surface area contributed by atoms with Crippen molar-refractivity contribution in [1.82, 2.24) is 15.5 Å². The Balaban J connectivity index is 1.29. The normalized spacial score (nSPS) is 18.1. The molecule has 1 saturated heterocycles. The molecule has 0 saturated carbocycles. The van der Waals surface area contributed by atoms with E-state index in [1.54, 1.807) is 42.7 Å². The third kappa shape index (κ3) is 6.33. The summed E-state index contributed by atoms with van der Waals surface area (Å²) < 4.78 is 7.17. The molecule has 0 spiro atoms. The van der Waals surface area contributed by atoms with Gasteiger partial charge in [-0.25, -0.2) is 9.36 Å². The lowest BCUT2D eigenvalue weighted by molar-refractivity contribution is -0.689. The number of aliphatic carboxylic acids is 1. The van der Waals surface area contributed by atoms with Crippen molar-refractivity contribution in [3.05, 3.63) is 112 Å². The van der Waals surface area contributed by atoms with Crippen molar-refractivity contribution in [2.24, 2.45) is 0 Å². The van der Waals surface area contributed by atoms with Crippen LogP contribution in [-0.2, 0) is 25.7 Å². The number of carbonyl (C=O) groups is 4. The van der Waals surface area contributed by atoms with Crippen LogP contribution in [0.2, 0.25) is 0 Å². The number of β-lactam (4-membered cyclic amide) rings is 1. The Morgan fingerprint density at radius 2 is 1.74 bits per heavy atom. The quantitative estimate of drug-likeness (QED) is 0.127. The summed E-state index contributed by atoms with van der Waals surface area (Å²) in [5, 5.41) is 25.8. The molecule has 5 rings (SSSR count). The van der Waals surface area contributed by atoms with E-state index in [1.165, 1.54) is 40.9 Å². The number of carbonyl (C=O) groups excluding carboxylic acids is 3. The van der Waals surface area contributed by atoms with Gasteiger partial charge < -0.3 is 20.5 Å². The number of carboxylic acids is 1. The summed E-state index contributed by atoms with van der Waals surface area (Å²) in [4.78, 5) is 63.5. The average molecular weight is 605 g/mol. The highest BCUT2D eigenvalue weighted by Gasteiger charge is 2.55. The number of hydrogen-bond donors (Lipinski definition) is 3. The van der Waals surface area contributed by atoms with Gasteiger partial charge in [-0.3, -0.25) is 29.4 Å². The third-order valence-corrected chi connectivity index (χ3v) is 8.16. The lowest BCUT2D eigenvalue weighted by atomic mass is 10.0. The van der Waals surface area contributed by atoms with Crippen LogP contribution in [0.4, 0.5) is 5.69 Å². The van der Waals surface area contributed by atoms with E-state index in [4.69, 9.17) is 4.74 Å². The van der Waals surface area contributed by atoms with Crippen molar-refractivity contribution in [3.8, 4) is 5.75 Å². The number of pyridine rings is 1. The Morgan fingerprint density at radius 1 is 1.07 bits per heavy atom. The molecule has 1 unspecified atom stereocenters. The van der Waals surface area contributed by atoms with Gasteiger partial charge in [0.05, 0.1) is 4.92 Å². The number of nitrogens with one attached hydrogen (secondary N) is 2. The van der Waals surface area contributed by atoms with Crippen molar-refractivity contribution in [2.45, 2.75) is 24.0 Å². The van der Waals surface area contributed by atoms with E-state index < -0.39 is 52.7 Å². The van der Waals surface area contributed by atoms with Gasteiger partial charge in [-0.15, -0.1) is 11.8 Å². The summed E-state index contributed by atoms with van der Waals surface area (Å²) in [7, 11) is 0. The van der Waals surface area contributed by atoms with Crippen LogP contribution in [0, 0.1) is 10.1 Å². The maximum Gasteiger partial charge on any atom is 0.352 e. The zero-order valence-corrected chi connectivity index (χ0v) is 23.3. The molecule has 3 amide bonds. The summed E-state index contributed by atoms with van der Waals surface area (Å²) in [6.07, 6.45) is 3.60. The smallest absolute Gasteiger partial charge is 0.352 e. The largest absolute Gasteiger partial charge is 0.477 e. The van der Waals surface area contributed by atoms with Crippen LogP contribution in [-0.4, -0.2) is 62.4 Å². The Morgan fingerprint density at radius 3 is 2.44 bits per heavy atom. The first kappa shape index (κ1) is 29.3. The molecule has 3 N–H and O–H groups in total. The van der Waals surface area contributed by atoms with Crippen molar-refractivity contribution >= 4 is 41.1 Å². The zero-order valence-electron chi connectivity index (χ0n) is 22.5. The number of para-hydroxylation sites is 2. The van der Waals surface area contributed by atoms with Crippen LogP contribution in [0.3, 0.4) is 0 Å². The number of benzene rings is 2. The highest BCUT2D eigenvalue weighted by atomic mass is 32.2. The first-order chi connectivity index (χ1) is 20.7. The van der Waals surface area contributed by atoms with E-state index in [0.717, 1.165) is 0 Å². The minimum Gasteiger partial charge on any atom is -0.477 e. The second-order valence-corrected chi connectivity index (χ2v) is 10.7. The number of nitrogens with zero attached hydrogens (tertiary/aromatic N) is 3. The molecular weight excluding hydrogens is 578 g/mol. The number of aromatic nitrogens is 1. The number of amides is 3. The van der Waals surface area contributed by atoms with Crippen LogP contribution >= 0.6 is 11.8 Å². The molecule has 3 atom stereocenters. The fraction of sp³-hybridized carbons (Fsp3) is 0.207. The van der Waals surface area contributed by atoms with Crippen LogP contribution in [0.1, 0.15) is 11.6 Å². The fourth-order valence-corrected chi connectivity index (χ4v) is 6.16. The van der Waals surface area contributed by atoms with Gasteiger partial charge in [0.1, 0.15) is 23.2 Å². The lowest BCUT2D eigenvalue weighted by Gasteiger charge is -2.49. The molecule has 1 fully saturated rings. The maximum atomic E-state index is 13.5. The molecule has 2 aliphatic heterocycles. The Bertz CT molecular complexity index is 1600. The van der Waals surface area contributed by atoms with Crippen molar-refractivity contribution in [3.63, 3.8) is 0 Å². The number of hydrogen-bond acceptors (Lipinski definition) is 8. The second-order valence-electron chi connectivity index (χ2n) is 9.63. The monoisotopic (exact) mass is 604 g/mol. The zero-order chi connectivity index (χ0) is 30.5. The Kier molecular flexibility index (Phi) is 8.66. The summed E-state index contributed by atoms with van der Waals surface area (Å²) in [6.45, 7) is -0.315. The van der Waals surface area contributed by atoms with E-state index in [0.29, 0.717) is 23.4 Å². The number of thioether (sulfide) groups is 1. The van der Waals surface area contributed by atoms with E-state index in [-0.39, 0.29) is 17.1 Å². The van der Waals surface area contributed by atoms with Gasteiger partial charge >= 0.3 is 11.7 Å². The van der Waals surface area contributed by atoms with Gasteiger partial charge in [0, 0.05) is 29.5 Å². The maximum absolute atomic E-state index is 13.5. The van der Waals surface area contributed by atoms with Crippen molar-refractivity contribution in [2.75, 3.05) is 12.4 Å². The van der Waals surface area contributed by atoms with Crippen LogP contribution < -0.4 is 19.9 Å². The summed E-state index contributed by atoms with van der Waals surface area (Å²) in [6, 6.07) is 17.2. The Hall–Kier alpha value is -5.24. The first-order valence-corrected chi connectivity index (χ1v) is 14.1. The minimum absolute atomic E-state index is 0.101. The molecule has 3 aromatic rings. The van der Waals surface area contributed by atoms with Crippen LogP contribution in [0.25, 0.3) is 0 Å². The number of fused-ring (bicyclic) bond motifs is 1. The van der Waals surface area contributed by atoms with Crippen molar-refractivity contribution in [1.29, 1.82) is 0 Å². The topological polar surface area (TPSA) is 172 Å². The predicted molar refractivity (Wildman–Crippen MR) is 152 cm³/mol. The SMILES string of the molecule is O=C(COc1ccccc1[N+](=O)[O-])N[C@H](C(=O)NC1C(=O)N2C(C(=O)O)=C(C[n+]3ccccc3)CS[C@@H]12)c1ccccc1. The summed E-state index contributed by atoms with van der Waals surface area (Å²) in [5.41, 5.74) is 0.574. The molecule has 14 heteroatoms. The number of rotatable bonds is 11. The van der Waals surface area contributed by atoms with Crippen molar-refractivity contribution < 1.29 is 38.5 Å².